The molecule has 0 fully saturated rings. The van der Waals surface area contributed by atoms with Gasteiger partial charge in [-0.25, -0.2) is 0 Å². The van der Waals surface area contributed by atoms with Crippen molar-refractivity contribution < 1.29 is 4.74 Å². The zero-order chi connectivity index (χ0) is 8.91. The lowest BCUT2D eigenvalue weighted by atomic mass is 10.1. The van der Waals surface area contributed by atoms with Gasteiger partial charge < -0.3 is 15.4 Å². The summed E-state index contributed by atoms with van der Waals surface area (Å²) in [7, 11) is 3.47. The fourth-order valence-electron chi connectivity index (χ4n) is 0.454. The second-order valence-corrected chi connectivity index (χ2v) is 3.30. The van der Waals surface area contributed by atoms with Crippen molar-refractivity contribution in [1.29, 1.82) is 0 Å². The first kappa shape index (κ1) is 10.7. The van der Waals surface area contributed by atoms with Crippen LogP contribution >= 0.6 is 12.2 Å². The second-order valence-electron chi connectivity index (χ2n) is 2.90. The summed E-state index contributed by atoms with van der Waals surface area (Å²) >= 11 is 4.89. The van der Waals surface area contributed by atoms with Gasteiger partial charge in [0.1, 0.15) is 0 Å². The highest BCUT2D eigenvalue weighted by molar-refractivity contribution is 7.80. The monoisotopic (exact) mass is 176 g/mol. The van der Waals surface area contributed by atoms with Crippen molar-refractivity contribution in [2.45, 2.75) is 19.4 Å². The third-order valence-corrected chi connectivity index (χ3v) is 1.80. The van der Waals surface area contributed by atoms with Gasteiger partial charge in [0.05, 0.1) is 5.60 Å². The topological polar surface area (TPSA) is 33.3 Å². The summed E-state index contributed by atoms with van der Waals surface area (Å²) in [4.78, 5) is 0. The molecule has 0 aliphatic carbocycles. The van der Waals surface area contributed by atoms with Crippen molar-refractivity contribution in [3.05, 3.63) is 0 Å². The van der Waals surface area contributed by atoms with Gasteiger partial charge in [-0.2, -0.15) is 0 Å². The van der Waals surface area contributed by atoms with Gasteiger partial charge in [0.2, 0.25) is 0 Å². The van der Waals surface area contributed by atoms with Crippen LogP contribution in [0.1, 0.15) is 13.8 Å². The molecule has 11 heavy (non-hydrogen) atoms. The number of thiocarbonyl (C=S) groups is 1. The average Bonchev–Trinajstić information content (AvgIpc) is 2.00. The van der Waals surface area contributed by atoms with Crippen LogP contribution in [0.15, 0.2) is 0 Å². The van der Waals surface area contributed by atoms with E-state index in [1.807, 2.05) is 13.8 Å². The van der Waals surface area contributed by atoms with E-state index in [2.05, 4.69) is 10.6 Å². The van der Waals surface area contributed by atoms with Crippen molar-refractivity contribution in [1.82, 2.24) is 10.6 Å². The standard InChI is InChI=1S/C7H16N2OS/c1-7(2,10-4)5-9-6(11)8-3/h5H2,1-4H3,(H2,8,9,11). The van der Waals surface area contributed by atoms with E-state index in [-0.39, 0.29) is 5.60 Å². The van der Waals surface area contributed by atoms with Gasteiger partial charge >= 0.3 is 0 Å². The van der Waals surface area contributed by atoms with Crippen LogP contribution in [0.3, 0.4) is 0 Å². The summed E-state index contributed by atoms with van der Waals surface area (Å²) in [5, 5.41) is 6.49. The smallest absolute Gasteiger partial charge is 0.166 e. The lowest BCUT2D eigenvalue weighted by Gasteiger charge is -2.23. The van der Waals surface area contributed by atoms with E-state index in [9.17, 15) is 0 Å². The first-order valence-corrected chi connectivity index (χ1v) is 3.93. The molecule has 66 valence electrons. The number of nitrogens with one attached hydrogen (secondary N) is 2. The van der Waals surface area contributed by atoms with Crippen molar-refractivity contribution in [2.75, 3.05) is 20.7 Å². The summed E-state index contributed by atoms with van der Waals surface area (Å²) < 4.78 is 5.18. The van der Waals surface area contributed by atoms with Gasteiger partial charge in [-0.15, -0.1) is 0 Å². The van der Waals surface area contributed by atoms with Crippen LogP contribution in [-0.2, 0) is 4.74 Å². The molecule has 0 saturated carbocycles. The fraction of sp³-hybridized carbons (Fsp3) is 0.857. The molecule has 2 N–H and O–H groups in total. The molecule has 3 nitrogen and oxygen atoms in total. The van der Waals surface area contributed by atoms with Crippen LogP contribution in [0.4, 0.5) is 0 Å². The molecular weight excluding hydrogens is 160 g/mol. The van der Waals surface area contributed by atoms with Crippen LogP contribution in [0.2, 0.25) is 0 Å². The fourth-order valence-corrected chi connectivity index (χ4v) is 0.526. The van der Waals surface area contributed by atoms with Crippen molar-refractivity contribution >= 4 is 17.3 Å². The Balaban J connectivity index is 3.61. The Morgan fingerprint density at radius 3 is 2.45 bits per heavy atom. The van der Waals surface area contributed by atoms with E-state index < -0.39 is 0 Å². The van der Waals surface area contributed by atoms with Gasteiger partial charge in [0, 0.05) is 20.7 Å². The van der Waals surface area contributed by atoms with E-state index in [1.54, 1.807) is 14.2 Å². The number of hydrogen-bond donors (Lipinski definition) is 2. The minimum Gasteiger partial charge on any atom is -0.377 e. The van der Waals surface area contributed by atoms with Crippen molar-refractivity contribution in [3.63, 3.8) is 0 Å². The number of rotatable bonds is 3. The summed E-state index contributed by atoms with van der Waals surface area (Å²) in [5.41, 5.74) is -0.166. The zero-order valence-corrected chi connectivity index (χ0v) is 8.34. The molecule has 0 spiro atoms. The normalized spacial score (nSPS) is 10.9. The van der Waals surface area contributed by atoms with Gasteiger partial charge in [0.25, 0.3) is 0 Å². The second kappa shape index (κ2) is 4.51. The van der Waals surface area contributed by atoms with Gasteiger partial charge in [-0.05, 0) is 26.1 Å². The highest BCUT2D eigenvalue weighted by Crippen LogP contribution is 2.03. The first-order chi connectivity index (χ1) is 5.02. The summed E-state index contributed by atoms with van der Waals surface area (Å²) in [6, 6.07) is 0. The lowest BCUT2D eigenvalue weighted by Crippen LogP contribution is -2.43. The van der Waals surface area contributed by atoms with Crippen molar-refractivity contribution in [3.8, 4) is 0 Å². The molecule has 0 rings (SSSR count). The minimum absolute atomic E-state index is 0.166. The summed E-state index contributed by atoms with van der Waals surface area (Å²) in [6.45, 7) is 4.71. The molecule has 0 amide bonds. The first-order valence-electron chi connectivity index (χ1n) is 3.52. The third kappa shape index (κ3) is 4.98. The highest BCUT2D eigenvalue weighted by atomic mass is 32.1. The maximum Gasteiger partial charge on any atom is 0.166 e. The van der Waals surface area contributed by atoms with Crippen LogP contribution in [0.25, 0.3) is 0 Å². The molecule has 0 heterocycles. The zero-order valence-electron chi connectivity index (χ0n) is 7.52. The minimum atomic E-state index is -0.166. The van der Waals surface area contributed by atoms with Crippen molar-refractivity contribution in [2.24, 2.45) is 0 Å². The lowest BCUT2D eigenvalue weighted by molar-refractivity contribution is 0.0270. The van der Waals surface area contributed by atoms with E-state index in [0.29, 0.717) is 11.7 Å². The molecule has 0 aromatic rings. The molecule has 0 aliphatic rings. The summed E-state index contributed by atoms with van der Waals surface area (Å²) in [6.07, 6.45) is 0. The molecule has 0 unspecified atom stereocenters. The quantitative estimate of drug-likeness (QED) is 0.614. The Bertz CT molecular complexity index is 136. The number of methoxy groups -OCH3 is 1. The Hall–Kier alpha value is -0.350. The molecule has 0 aliphatic heterocycles. The number of ether oxygens (including phenoxy) is 1. The summed E-state index contributed by atoms with van der Waals surface area (Å²) in [5.74, 6) is 0. The predicted octanol–water partition coefficient (Wildman–Crippen LogP) is 0.505. The van der Waals surface area contributed by atoms with Gasteiger partial charge in [-0.1, -0.05) is 0 Å². The number of hydrogen-bond acceptors (Lipinski definition) is 2. The van der Waals surface area contributed by atoms with Gasteiger partial charge in [-0.3, -0.25) is 0 Å². The molecular formula is C7H16N2OS. The molecule has 0 atom stereocenters. The van der Waals surface area contributed by atoms with E-state index in [0.717, 1.165) is 0 Å². The Morgan fingerprint density at radius 2 is 2.09 bits per heavy atom. The SMILES string of the molecule is CNC(=S)NCC(C)(C)OC. The maximum atomic E-state index is 5.18. The van der Waals surface area contributed by atoms with Gasteiger partial charge in [0.15, 0.2) is 5.11 Å². The van der Waals surface area contributed by atoms with E-state index in [1.165, 1.54) is 0 Å². The van der Waals surface area contributed by atoms with Crippen LogP contribution in [0.5, 0.6) is 0 Å². The highest BCUT2D eigenvalue weighted by Gasteiger charge is 2.15. The molecule has 4 heteroatoms. The predicted molar refractivity (Wildman–Crippen MR) is 50.7 cm³/mol. The van der Waals surface area contributed by atoms with Crippen LogP contribution in [0, 0.1) is 0 Å². The Morgan fingerprint density at radius 1 is 1.55 bits per heavy atom. The molecule has 0 aromatic heterocycles. The third-order valence-electron chi connectivity index (χ3n) is 1.45. The average molecular weight is 176 g/mol. The van der Waals surface area contributed by atoms with E-state index >= 15 is 0 Å². The molecule has 0 radical (unpaired) electrons. The van der Waals surface area contributed by atoms with Crippen LogP contribution < -0.4 is 10.6 Å². The molecule has 0 saturated heterocycles. The van der Waals surface area contributed by atoms with Crippen LogP contribution in [-0.4, -0.2) is 31.4 Å². The van der Waals surface area contributed by atoms with E-state index in [4.69, 9.17) is 17.0 Å². The largest absolute Gasteiger partial charge is 0.377 e. The Labute approximate surface area is 73.5 Å². The maximum absolute atomic E-state index is 5.18. The molecule has 0 aromatic carbocycles. The molecule has 0 bridgehead atoms. The Kier molecular flexibility index (Phi) is 4.37.